The van der Waals surface area contributed by atoms with Gasteiger partial charge in [-0.1, -0.05) is 12.1 Å². The van der Waals surface area contributed by atoms with Crippen molar-refractivity contribution < 1.29 is 0 Å². The van der Waals surface area contributed by atoms with Crippen molar-refractivity contribution >= 4 is 23.1 Å². The van der Waals surface area contributed by atoms with Gasteiger partial charge >= 0.3 is 0 Å². The van der Waals surface area contributed by atoms with Crippen LogP contribution in [0.25, 0.3) is 0 Å². The van der Waals surface area contributed by atoms with Crippen LogP contribution in [-0.2, 0) is 0 Å². The van der Waals surface area contributed by atoms with E-state index in [1.807, 2.05) is 18.2 Å². The summed E-state index contributed by atoms with van der Waals surface area (Å²) in [6.07, 6.45) is 2.10. The van der Waals surface area contributed by atoms with E-state index in [1.165, 1.54) is 27.1 Å². The number of benzene rings is 2. The Morgan fingerprint density at radius 2 is 1.40 bits per heavy atom. The standard InChI is InChI=1S/C17H20N2S/c1-11-7-6-8-15(12(11)2)18-19-16-9-10-17(20-5)14(4)13(16)3/h6-10H,1-5H3/b19-18+. The zero-order chi connectivity index (χ0) is 14.7. The predicted molar refractivity (Wildman–Crippen MR) is 87.8 cm³/mol. The maximum absolute atomic E-state index is 4.43. The van der Waals surface area contributed by atoms with Gasteiger partial charge in [-0.3, -0.25) is 0 Å². The van der Waals surface area contributed by atoms with Gasteiger partial charge in [-0.2, -0.15) is 10.2 Å². The minimum atomic E-state index is 0.941. The molecule has 104 valence electrons. The minimum absolute atomic E-state index is 0.941. The molecule has 0 unspecified atom stereocenters. The Labute approximate surface area is 125 Å². The highest BCUT2D eigenvalue weighted by molar-refractivity contribution is 7.98. The summed E-state index contributed by atoms with van der Waals surface area (Å²) in [5, 5.41) is 8.84. The quantitative estimate of drug-likeness (QED) is 0.497. The minimum Gasteiger partial charge on any atom is -0.150 e. The van der Waals surface area contributed by atoms with E-state index in [9.17, 15) is 0 Å². The first-order valence-corrected chi connectivity index (χ1v) is 7.89. The van der Waals surface area contributed by atoms with E-state index < -0.39 is 0 Å². The molecule has 0 spiro atoms. The average Bonchev–Trinajstić information content (AvgIpc) is 2.44. The lowest BCUT2D eigenvalue weighted by Gasteiger charge is -2.08. The molecule has 0 saturated heterocycles. The maximum atomic E-state index is 4.43. The molecule has 2 nitrogen and oxygen atoms in total. The lowest BCUT2D eigenvalue weighted by atomic mass is 10.1. The summed E-state index contributed by atoms with van der Waals surface area (Å²) < 4.78 is 0. The molecule has 2 rings (SSSR count). The first kappa shape index (κ1) is 14.8. The summed E-state index contributed by atoms with van der Waals surface area (Å²) in [6.45, 7) is 8.42. The van der Waals surface area contributed by atoms with Gasteiger partial charge in [0.15, 0.2) is 0 Å². The van der Waals surface area contributed by atoms with Gasteiger partial charge < -0.3 is 0 Å². The summed E-state index contributed by atoms with van der Waals surface area (Å²) in [5.74, 6) is 0. The molecule has 0 aromatic heterocycles. The molecule has 0 aliphatic heterocycles. The average molecular weight is 284 g/mol. The summed E-state index contributed by atoms with van der Waals surface area (Å²) in [6, 6.07) is 10.3. The van der Waals surface area contributed by atoms with Crippen LogP contribution in [0.2, 0.25) is 0 Å². The van der Waals surface area contributed by atoms with Crippen LogP contribution in [0.4, 0.5) is 11.4 Å². The number of hydrogen-bond acceptors (Lipinski definition) is 3. The number of rotatable bonds is 3. The van der Waals surface area contributed by atoms with Crippen LogP contribution in [0, 0.1) is 27.7 Å². The zero-order valence-corrected chi connectivity index (χ0v) is 13.5. The first-order valence-electron chi connectivity index (χ1n) is 6.66. The molecular weight excluding hydrogens is 264 g/mol. The fraction of sp³-hybridized carbons (Fsp3) is 0.294. The molecule has 2 aromatic carbocycles. The normalized spacial score (nSPS) is 11.2. The van der Waals surface area contributed by atoms with E-state index in [2.05, 4.69) is 56.3 Å². The van der Waals surface area contributed by atoms with E-state index in [-0.39, 0.29) is 0 Å². The van der Waals surface area contributed by atoms with Gasteiger partial charge in [-0.15, -0.1) is 11.8 Å². The molecule has 0 fully saturated rings. The van der Waals surface area contributed by atoms with Gasteiger partial charge in [0.25, 0.3) is 0 Å². The van der Waals surface area contributed by atoms with Gasteiger partial charge in [0, 0.05) is 4.90 Å². The van der Waals surface area contributed by atoms with Gasteiger partial charge in [0.1, 0.15) is 0 Å². The Balaban J connectivity index is 2.37. The van der Waals surface area contributed by atoms with Crippen molar-refractivity contribution in [2.45, 2.75) is 32.6 Å². The molecule has 0 bridgehead atoms. The SMILES string of the molecule is CSc1ccc(/N=N/c2cccc(C)c2C)c(C)c1C. The smallest absolute Gasteiger partial charge is 0.0889 e. The predicted octanol–water partition coefficient (Wildman–Crippen LogP) is 6.06. The number of hydrogen-bond donors (Lipinski definition) is 0. The number of aryl methyl sites for hydroxylation is 1. The third-order valence-electron chi connectivity index (χ3n) is 3.77. The van der Waals surface area contributed by atoms with Crippen molar-refractivity contribution in [2.24, 2.45) is 10.2 Å². The largest absolute Gasteiger partial charge is 0.150 e. The number of thioether (sulfide) groups is 1. The van der Waals surface area contributed by atoms with E-state index in [0.717, 1.165) is 11.4 Å². The van der Waals surface area contributed by atoms with Crippen LogP contribution in [0.1, 0.15) is 22.3 Å². The van der Waals surface area contributed by atoms with E-state index in [1.54, 1.807) is 11.8 Å². The molecular formula is C17H20N2S. The van der Waals surface area contributed by atoms with Crippen molar-refractivity contribution in [1.29, 1.82) is 0 Å². The van der Waals surface area contributed by atoms with E-state index in [4.69, 9.17) is 0 Å². The Morgan fingerprint density at radius 3 is 2.05 bits per heavy atom. The van der Waals surface area contributed by atoms with Crippen molar-refractivity contribution in [3.8, 4) is 0 Å². The van der Waals surface area contributed by atoms with Gasteiger partial charge in [0.05, 0.1) is 11.4 Å². The summed E-state index contributed by atoms with van der Waals surface area (Å²) >= 11 is 1.76. The molecule has 0 aliphatic rings. The molecule has 0 heterocycles. The van der Waals surface area contributed by atoms with E-state index in [0.29, 0.717) is 0 Å². The Kier molecular flexibility index (Phi) is 4.61. The van der Waals surface area contributed by atoms with Gasteiger partial charge in [-0.25, -0.2) is 0 Å². The third kappa shape index (κ3) is 2.93. The molecule has 0 amide bonds. The van der Waals surface area contributed by atoms with Crippen LogP contribution in [-0.4, -0.2) is 6.26 Å². The Hall–Kier alpha value is -1.61. The number of nitrogens with zero attached hydrogens (tertiary/aromatic N) is 2. The highest BCUT2D eigenvalue weighted by atomic mass is 32.2. The summed E-state index contributed by atoms with van der Waals surface area (Å²) in [4.78, 5) is 1.30. The van der Waals surface area contributed by atoms with Gasteiger partial charge in [0.2, 0.25) is 0 Å². The molecule has 3 heteroatoms. The first-order chi connectivity index (χ1) is 9.54. The van der Waals surface area contributed by atoms with Crippen LogP contribution in [0.3, 0.4) is 0 Å². The fourth-order valence-corrected chi connectivity index (χ4v) is 2.73. The fourth-order valence-electron chi connectivity index (χ4n) is 2.06. The van der Waals surface area contributed by atoms with Gasteiger partial charge in [-0.05, 0) is 74.4 Å². The second-order valence-electron chi connectivity index (χ2n) is 4.96. The van der Waals surface area contributed by atoms with Crippen molar-refractivity contribution in [2.75, 3.05) is 6.26 Å². The highest BCUT2D eigenvalue weighted by Crippen LogP contribution is 2.31. The third-order valence-corrected chi connectivity index (χ3v) is 4.65. The number of azo groups is 1. The molecule has 0 N–H and O–H groups in total. The van der Waals surface area contributed by atoms with E-state index >= 15 is 0 Å². The molecule has 0 atom stereocenters. The topological polar surface area (TPSA) is 24.7 Å². The van der Waals surface area contributed by atoms with Crippen LogP contribution in [0.5, 0.6) is 0 Å². The van der Waals surface area contributed by atoms with Crippen LogP contribution < -0.4 is 0 Å². The zero-order valence-electron chi connectivity index (χ0n) is 12.7. The molecule has 0 radical (unpaired) electrons. The molecule has 2 aromatic rings. The lowest BCUT2D eigenvalue weighted by Crippen LogP contribution is -1.85. The Bertz CT molecular complexity index is 660. The lowest BCUT2D eigenvalue weighted by molar-refractivity contribution is 1.15. The summed E-state index contributed by atoms with van der Waals surface area (Å²) in [7, 11) is 0. The monoisotopic (exact) mass is 284 g/mol. The molecule has 0 saturated carbocycles. The van der Waals surface area contributed by atoms with Crippen molar-refractivity contribution in [1.82, 2.24) is 0 Å². The van der Waals surface area contributed by atoms with Crippen molar-refractivity contribution in [3.05, 3.63) is 52.6 Å². The molecule has 20 heavy (non-hydrogen) atoms. The Morgan fingerprint density at radius 1 is 0.750 bits per heavy atom. The second kappa shape index (κ2) is 6.23. The highest BCUT2D eigenvalue weighted by Gasteiger charge is 2.05. The van der Waals surface area contributed by atoms with Crippen LogP contribution >= 0.6 is 11.8 Å². The van der Waals surface area contributed by atoms with Crippen molar-refractivity contribution in [3.63, 3.8) is 0 Å². The molecule has 0 aliphatic carbocycles. The maximum Gasteiger partial charge on any atom is 0.0889 e. The second-order valence-corrected chi connectivity index (χ2v) is 5.80. The summed E-state index contributed by atoms with van der Waals surface area (Å²) in [5.41, 5.74) is 6.80. The van der Waals surface area contributed by atoms with Crippen LogP contribution in [0.15, 0.2) is 45.5 Å².